The van der Waals surface area contributed by atoms with Gasteiger partial charge in [-0.3, -0.25) is 19.2 Å². The number of Topliss-reactive ketones (excluding diaryl/α,β-unsaturated/α-hetero) is 2. The largest absolute Gasteiger partial charge is 0.469 e. The number of likely N-dealkylation sites (tertiary alicyclic amines) is 2. The first-order valence-electron chi connectivity index (χ1n) is 15.5. The third kappa shape index (κ3) is 12.5. The molecule has 4 rings (SSSR count). The Balaban J connectivity index is 0.000000347. The van der Waals surface area contributed by atoms with Gasteiger partial charge in [-0.1, -0.05) is 6.58 Å². The molecule has 0 aromatic heterocycles. The van der Waals surface area contributed by atoms with Crippen LogP contribution in [0.15, 0.2) is 12.7 Å². The third-order valence-corrected chi connectivity index (χ3v) is 8.39. The Labute approximate surface area is 273 Å². The fourth-order valence-electron chi connectivity index (χ4n) is 5.82. The molecule has 256 valence electrons. The number of nitriles is 1. The van der Waals surface area contributed by atoms with Gasteiger partial charge in [0.2, 0.25) is 6.54 Å². The van der Waals surface area contributed by atoms with E-state index in [9.17, 15) is 24.0 Å². The summed E-state index contributed by atoms with van der Waals surface area (Å²) >= 11 is 0. The molecule has 13 heteroatoms. The van der Waals surface area contributed by atoms with Gasteiger partial charge in [-0.2, -0.15) is 5.26 Å². The second kappa shape index (κ2) is 19.0. The fourth-order valence-corrected chi connectivity index (χ4v) is 5.82. The van der Waals surface area contributed by atoms with Crippen molar-refractivity contribution in [3.05, 3.63) is 24.1 Å². The predicted molar refractivity (Wildman–Crippen MR) is 170 cm³/mol. The van der Waals surface area contributed by atoms with E-state index in [1.165, 1.54) is 25.2 Å². The molecule has 4 fully saturated rings. The van der Waals surface area contributed by atoms with Crippen LogP contribution in [0.4, 0.5) is 4.79 Å². The van der Waals surface area contributed by atoms with E-state index in [-0.39, 0.29) is 54.3 Å². The van der Waals surface area contributed by atoms with E-state index in [1.807, 2.05) is 7.05 Å². The number of nitrogens with one attached hydrogen (secondary N) is 1. The molecule has 0 aromatic rings. The van der Waals surface area contributed by atoms with Gasteiger partial charge < -0.3 is 34.2 Å². The van der Waals surface area contributed by atoms with Crippen molar-refractivity contribution in [1.82, 2.24) is 15.1 Å². The molecule has 0 radical (unpaired) electrons. The number of ether oxygens (including phenoxy) is 3. The molecule has 3 heterocycles. The van der Waals surface area contributed by atoms with E-state index in [1.54, 1.807) is 26.8 Å². The Morgan fingerprint density at radius 2 is 1.83 bits per heavy atom. The van der Waals surface area contributed by atoms with Crippen LogP contribution < -0.4 is 5.32 Å². The van der Waals surface area contributed by atoms with Gasteiger partial charge in [0, 0.05) is 50.5 Å². The highest BCUT2D eigenvalue weighted by atomic mass is 16.6. The molecular formula is C33H51N5O8. The lowest BCUT2D eigenvalue weighted by molar-refractivity contribution is -0.152. The van der Waals surface area contributed by atoms with E-state index in [0.29, 0.717) is 25.8 Å². The van der Waals surface area contributed by atoms with Crippen molar-refractivity contribution >= 4 is 29.6 Å². The summed E-state index contributed by atoms with van der Waals surface area (Å²) < 4.78 is 14.7. The maximum absolute atomic E-state index is 12.0. The van der Waals surface area contributed by atoms with Crippen molar-refractivity contribution in [3.8, 4) is 6.07 Å². The highest BCUT2D eigenvalue weighted by Crippen LogP contribution is 2.39. The monoisotopic (exact) mass is 645 g/mol. The van der Waals surface area contributed by atoms with Crippen LogP contribution in [-0.2, 0) is 33.4 Å². The molecule has 13 nitrogen and oxygen atoms in total. The number of allylic oxidation sites excluding steroid dienone is 1. The van der Waals surface area contributed by atoms with Crippen molar-refractivity contribution < 1.29 is 38.2 Å². The molecule has 46 heavy (non-hydrogen) atoms. The topological polar surface area (TPSA) is 160 Å². The van der Waals surface area contributed by atoms with Crippen LogP contribution in [0.1, 0.15) is 65.7 Å². The average Bonchev–Trinajstić information content (AvgIpc) is 3.79. The van der Waals surface area contributed by atoms with Crippen molar-refractivity contribution in [2.45, 2.75) is 71.3 Å². The summed E-state index contributed by atoms with van der Waals surface area (Å²) in [6.45, 7) is 19.9. The van der Waals surface area contributed by atoms with Gasteiger partial charge in [-0.25, -0.2) is 11.4 Å². The van der Waals surface area contributed by atoms with Gasteiger partial charge in [0.15, 0.2) is 0 Å². The highest BCUT2D eigenvalue weighted by molar-refractivity contribution is 6.04. The Bertz CT molecular complexity index is 1160. The molecule has 1 amide bonds. The molecule has 3 aliphatic heterocycles. The molecular weight excluding hydrogens is 594 g/mol. The van der Waals surface area contributed by atoms with Gasteiger partial charge in [0.25, 0.3) is 0 Å². The molecule has 1 N–H and O–H groups in total. The lowest BCUT2D eigenvalue weighted by Gasteiger charge is -2.30. The second-order valence-corrected chi connectivity index (χ2v) is 13.0. The number of hydrogen-bond donors (Lipinski definition) is 1. The molecule has 1 saturated carbocycles. The van der Waals surface area contributed by atoms with E-state index >= 15 is 0 Å². The maximum atomic E-state index is 12.0. The zero-order chi connectivity index (χ0) is 35.0. The number of carbonyl (C=O) groups is 5. The number of hydrogen-bond acceptors (Lipinski definition) is 11. The molecule has 3 unspecified atom stereocenters. The standard InChI is InChI=1S/C14H22N2O4.C10H15NO2.C6H11NO2.C3H3N/c1-13(2,3)20-12(18)16-9-7-14(10-16,6-8-15-4)11(17)19-5;1-11-5-4-10(7-11)3-2-8(12)6-9(10)13;1-9-6(8)5-2-3-7-4-5;1-2-3-4/h6-10H2,1-3,5H3;2-7H2,1H3;5,7H,2-4H2,1H3;2H,1H2. The Kier molecular flexibility index (Phi) is 16.6. The molecule has 4 aliphatic rings. The SMILES string of the molecule is C=CC#N.CN1CCC2(CCC(=O)CC2=O)C1.COC(=O)C1CCNC1.[C-]#[N+]CCC1(C(=O)OC)CCN(C(=O)OC(C)(C)C)C1. The summed E-state index contributed by atoms with van der Waals surface area (Å²) in [5, 5.41) is 10.6. The zero-order valence-electron chi connectivity index (χ0n) is 28.3. The number of ketones is 2. The van der Waals surface area contributed by atoms with Gasteiger partial charge in [0.1, 0.15) is 17.2 Å². The minimum absolute atomic E-state index is 0.0833. The van der Waals surface area contributed by atoms with Crippen molar-refractivity contribution in [2.24, 2.45) is 16.7 Å². The molecule has 0 bridgehead atoms. The smallest absolute Gasteiger partial charge is 0.410 e. The number of nitrogens with zero attached hydrogens (tertiary/aromatic N) is 4. The van der Waals surface area contributed by atoms with Gasteiger partial charge >= 0.3 is 18.0 Å². The third-order valence-electron chi connectivity index (χ3n) is 8.39. The van der Waals surface area contributed by atoms with Crippen LogP contribution in [0.2, 0.25) is 0 Å². The molecule has 1 spiro atoms. The Morgan fingerprint density at radius 1 is 1.15 bits per heavy atom. The van der Waals surface area contributed by atoms with Gasteiger partial charge in [0.05, 0.1) is 38.0 Å². The lowest BCUT2D eigenvalue weighted by Crippen LogP contribution is -2.40. The van der Waals surface area contributed by atoms with E-state index in [4.69, 9.17) is 21.3 Å². The molecule has 1 aliphatic carbocycles. The first-order chi connectivity index (χ1) is 21.6. The van der Waals surface area contributed by atoms with E-state index in [0.717, 1.165) is 45.4 Å². The summed E-state index contributed by atoms with van der Waals surface area (Å²) in [5.74, 6) is -0.0134. The van der Waals surface area contributed by atoms with Crippen molar-refractivity contribution in [1.29, 1.82) is 5.26 Å². The molecule has 3 atom stereocenters. The number of rotatable bonds is 4. The maximum Gasteiger partial charge on any atom is 0.410 e. The fraction of sp³-hybridized carbons (Fsp3) is 0.727. The number of methoxy groups -OCH3 is 2. The van der Waals surface area contributed by atoms with Crippen molar-refractivity contribution in [3.63, 3.8) is 0 Å². The molecule has 0 aromatic carbocycles. The quantitative estimate of drug-likeness (QED) is 0.157. The van der Waals surface area contributed by atoms with Crippen LogP contribution in [0.25, 0.3) is 4.85 Å². The summed E-state index contributed by atoms with van der Waals surface area (Å²) in [6, 6.07) is 1.69. The second-order valence-electron chi connectivity index (χ2n) is 13.0. The average molecular weight is 646 g/mol. The number of amides is 1. The van der Waals surface area contributed by atoms with E-state index in [2.05, 4.69) is 26.4 Å². The predicted octanol–water partition coefficient (Wildman–Crippen LogP) is 3.19. The van der Waals surface area contributed by atoms with Crippen LogP contribution in [0, 0.1) is 34.7 Å². The first-order valence-corrected chi connectivity index (χ1v) is 15.5. The normalized spacial score (nSPS) is 25.3. The minimum Gasteiger partial charge on any atom is -0.469 e. The van der Waals surface area contributed by atoms with Crippen LogP contribution in [0.3, 0.4) is 0 Å². The van der Waals surface area contributed by atoms with E-state index < -0.39 is 17.1 Å². The summed E-state index contributed by atoms with van der Waals surface area (Å²) in [6.07, 6.45) is 5.13. The minimum atomic E-state index is -0.768. The van der Waals surface area contributed by atoms with Crippen LogP contribution in [0.5, 0.6) is 0 Å². The van der Waals surface area contributed by atoms with Gasteiger partial charge in [-0.05, 0) is 66.6 Å². The van der Waals surface area contributed by atoms with Crippen LogP contribution in [-0.4, -0.2) is 112 Å². The van der Waals surface area contributed by atoms with Crippen molar-refractivity contribution in [2.75, 3.05) is 67.1 Å². The lowest BCUT2D eigenvalue weighted by atomic mass is 9.72. The summed E-state index contributed by atoms with van der Waals surface area (Å²) in [4.78, 5) is 64.6. The van der Waals surface area contributed by atoms with Crippen LogP contribution >= 0.6 is 0 Å². The number of esters is 2. The van der Waals surface area contributed by atoms with Gasteiger partial charge in [-0.15, -0.1) is 0 Å². The zero-order valence-corrected chi connectivity index (χ0v) is 28.3. The Morgan fingerprint density at radius 3 is 2.28 bits per heavy atom. The highest BCUT2D eigenvalue weighted by Gasteiger charge is 2.48. The Hall–Kier alpha value is -3.81. The first kappa shape index (κ1) is 40.2. The summed E-state index contributed by atoms with van der Waals surface area (Å²) in [7, 11) is 4.80. The number of carbonyl (C=O) groups excluding carboxylic acids is 5. The molecule has 3 saturated heterocycles. The summed E-state index contributed by atoms with van der Waals surface area (Å²) in [5.41, 5.74) is -1.48.